The lowest BCUT2D eigenvalue weighted by atomic mass is 9.90. The predicted molar refractivity (Wildman–Crippen MR) is 140 cm³/mol. The van der Waals surface area contributed by atoms with Crippen molar-refractivity contribution in [3.8, 4) is 11.1 Å². The van der Waals surface area contributed by atoms with Crippen LogP contribution in [0, 0.1) is 5.92 Å². The molecule has 2 saturated heterocycles. The molecule has 0 radical (unpaired) electrons. The first kappa shape index (κ1) is 24.1. The van der Waals surface area contributed by atoms with E-state index in [2.05, 4.69) is 25.5 Å². The van der Waals surface area contributed by atoms with Gasteiger partial charge in [-0.1, -0.05) is 23.2 Å². The second-order valence-electron chi connectivity index (χ2n) is 9.94. The molecule has 184 valence electrons. The summed E-state index contributed by atoms with van der Waals surface area (Å²) in [6.45, 7) is 5.10. The maximum atomic E-state index is 6.57. The third-order valence-corrected chi connectivity index (χ3v) is 8.24. The maximum Gasteiger partial charge on any atom is 0.152 e. The number of halogens is 2. The van der Waals surface area contributed by atoms with E-state index in [9.17, 15) is 0 Å². The Bertz CT molecular complexity index is 954. The summed E-state index contributed by atoms with van der Waals surface area (Å²) in [5.41, 5.74) is 2.70. The number of likely N-dealkylation sites (tertiary alicyclic amines) is 1. The van der Waals surface area contributed by atoms with Gasteiger partial charge < -0.3 is 20.3 Å². The van der Waals surface area contributed by atoms with Crippen molar-refractivity contribution in [2.45, 2.75) is 63.5 Å². The van der Waals surface area contributed by atoms with Crippen LogP contribution < -0.4 is 10.6 Å². The van der Waals surface area contributed by atoms with Crippen LogP contribution in [0.15, 0.2) is 24.5 Å². The minimum Gasteiger partial charge on any atom is -0.382 e. The zero-order valence-electron chi connectivity index (χ0n) is 19.7. The predicted octanol–water partition coefficient (Wildman–Crippen LogP) is 6.11. The Morgan fingerprint density at radius 3 is 2.47 bits per heavy atom. The first-order chi connectivity index (χ1) is 16.7. The average Bonchev–Trinajstić information content (AvgIpc) is 3.41. The fraction of sp³-hybridized carbons (Fsp3) is 0.615. The van der Waals surface area contributed by atoms with Crippen molar-refractivity contribution < 1.29 is 4.74 Å². The van der Waals surface area contributed by atoms with Crippen molar-refractivity contribution in [2.24, 2.45) is 5.92 Å². The van der Waals surface area contributed by atoms with E-state index in [1.54, 1.807) is 12.4 Å². The Morgan fingerprint density at radius 1 is 0.941 bits per heavy atom. The number of pyridine rings is 2. The van der Waals surface area contributed by atoms with E-state index in [0.717, 1.165) is 61.3 Å². The highest BCUT2D eigenvalue weighted by atomic mass is 35.5. The van der Waals surface area contributed by atoms with Gasteiger partial charge in [0.1, 0.15) is 5.82 Å². The normalized spacial score (nSPS) is 24.3. The Balaban J connectivity index is 1.23. The topological polar surface area (TPSA) is 62.3 Å². The molecule has 5 rings (SSSR count). The van der Waals surface area contributed by atoms with Gasteiger partial charge in [-0.25, -0.2) is 9.97 Å². The molecule has 0 bridgehead atoms. The molecule has 34 heavy (non-hydrogen) atoms. The molecule has 0 atom stereocenters. The van der Waals surface area contributed by atoms with Crippen LogP contribution in [0.25, 0.3) is 11.1 Å². The largest absolute Gasteiger partial charge is 0.382 e. The lowest BCUT2D eigenvalue weighted by Gasteiger charge is -2.35. The molecule has 0 aromatic carbocycles. The summed E-state index contributed by atoms with van der Waals surface area (Å²) >= 11 is 13.0. The Labute approximate surface area is 212 Å². The summed E-state index contributed by atoms with van der Waals surface area (Å²) in [7, 11) is 0. The maximum absolute atomic E-state index is 6.57. The summed E-state index contributed by atoms with van der Waals surface area (Å²) in [5.74, 6) is 1.46. The van der Waals surface area contributed by atoms with Crippen molar-refractivity contribution in [3.63, 3.8) is 0 Å². The minimum absolute atomic E-state index is 0.459. The van der Waals surface area contributed by atoms with Crippen LogP contribution >= 0.6 is 23.2 Å². The van der Waals surface area contributed by atoms with E-state index in [1.807, 2.05) is 12.1 Å². The average molecular weight is 505 g/mol. The number of ether oxygens (including phenoxy) is 1. The van der Waals surface area contributed by atoms with E-state index in [0.29, 0.717) is 22.1 Å². The number of nitrogens with one attached hydrogen (secondary N) is 2. The lowest BCUT2D eigenvalue weighted by Crippen LogP contribution is -2.38. The molecule has 2 aliphatic heterocycles. The Kier molecular flexibility index (Phi) is 8.10. The standard InChI is InChI=1S/C26H35Cl2N5O/c27-23-17-30-25(32-20-3-5-21(6-4-20)33-9-1-2-10-33)14-22(23)19-13-24(26(28)31-16-19)29-15-18-7-11-34-12-8-18/h13-14,16-18,20-21,29H,1-12,15H2,(H,30,32)/t20-,21-. The number of nitrogens with zero attached hydrogens (tertiary/aromatic N) is 3. The second-order valence-corrected chi connectivity index (χ2v) is 10.7. The van der Waals surface area contributed by atoms with E-state index in [-0.39, 0.29) is 0 Å². The van der Waals surface area contributed by atoms with Crippen molar-refractivity contribution >= 4 is 34.7 Å². The van der Waals surface area contributed by atoms with Crippen LogP contribution in [0.5, 0.6) is 0 Å². The van der Waals surface area contributed by atoms with Crippen LogP contribution in [0.3, 0.4) is 0 Å². The van der Waals surface area contributed by atoms with Crippen molar-refractivity contribution in [1.82, 2.24) is 14.9 Å². The molecule has 2 aromatic heterocycles. The molecule has 2 aromatic rings. The molecular formula is C26H35Cl2N5O. The monoisotopic (exact) mass is 503 g/mol. The first-order valence-electron chi connectivity index (χ1n) is 12.8. The van der Waals surface area contributed by atoms with Crippen LogP contribution in [-0.4, -0.2) is 59.8 Å². The number of anilines is 2. The van der Waals surface area contributed by atoms with Gasteiger partial charge in [0.25, 0.3) is 0 Å². The fourth-order valence-corrected chi connectivity index (χ4v) is 5.95. The van der Waals surface area contributed by atoms with E-state index >= 15 is 0 Å². The molecule has 0 unspecified atom stereocenters. The smallest absolute Gasteiger partial charge is 0.152 e. The highest BCUT2D eigenvalue weighted by Crippen LogP contribution is 2.34. The molecule has 0 amide bonds. The van der Waals surface area contributed by atoms with Gasteiger partial charge in [-0.15, -0.1) is 0 Å². The van der Waals surface area contributed by atoms with Gasteiger partial charge in [-0.2, -0.15) is 0 Å². The van der Waals surface area contributed by atoms with Gasteiger partial charge >= 0.3 is 0 Å². The number of hydrogen-bond donors (Lipinski definition) is 2. The van der Waals surface area contributed by atoms with Gasteiger partial charge in [0.2, 0.25) is 0 Å². The lowest BCUT2D eigenvalue weighted by molar-refractivity contribution is 0.0699. The van der Waals surface area contributed by atoms with Crippen molar-refractivity contribution in [2.75, 3.05) is 43.5 Å². The molecule has 1 saturated carbocycles. The fourth-order valence-electron chi connectivity index (χ4n) is 5.56. The third-order valence-electron chi connectivity index (χ3n) is 7.63. The van der Waals surface area contributed by atoms with Gasteiger partial charge in [0.15, 0.2) is 5.15 Å². The second kappa shape index (κ2) is 11.4. The zero-order valence-corrected chi connectivity index (χ0v) is 21.3. The number of rotatable bonds is 7. The van der Waals surface area contributed by atoms with E-state index in [4.69, 9.17) is 27.9 Å². The molecule has 8 heteroatoms. The van der Waals surface area contributed by atoms with Gasteiger partial charge in [0.05, 0.1) is 10.7 Å². The molecule has 3 fully saturated rings. The number of aromatic nitrogens is 2. The molecule has 4 heterocycles. The van der Waals surface area contributed by atoms with E-state index in [1.165, 1.54) is 51.6 Å². The molecule has 1 aliphatic carbocycles. The van der Waals surface area contributed by atoms with Gasteiger partial charge in [-0.05, 0) is 82.5 Å². The van der Waals surface area contributed by atoms with Crippen molar-refractivity contribution in [1.29, 1.82) is 0 Å². The molecule has 2 N–H and O–H groups in total. The summed E-state index contributed by atoms with van der Waals surface area (Å²) in [4.78, 5) is 11.7. The SMILES string of the molecule is Clc1cnc(N[C@H]2CC[C@H](N3CCCC3)CC2)cc1-c1cnc(Cl)c(NCC2CCOCC2)c1. The summed E-state index contributed by atoms with van der Waals surface area (Å²) in [6, 6.07) is 5.31. The zero-order chi connectivity index (χ0) is 23.3. The quantitative estimate of drug-likeness (QED) is 0.444. The van der Waals surface area contributed by atoms with Crippen LogP contribution in [0.2, 0.25) is 10.2 Å². The van der Waals surface area contributed by atoms with Crippen molar-refractivity contribution in [3.05, 3.63) is 34.7 Å². The Morgan fingerprint density at radius 2 is 1.71 bits per heavy atom. The first-order valence-corrected chi connectivity index (χ1v) is 13.5. The highest BCUT2D eigenvalue weighted by Gasteiger charge is 2.27. The molecule has 3 aliphatic rings. The van der Waals surface area contributed by atoms with Gasteiger partial charge in [-0.3, -0.25) is 0 Å². The minimum atomic E-state index is 0.459. The third kappa shape index (κ3) is 5.96. The summed E-state index contributed by atoms with van der Waals surface area (Å²) in [6.07, 6.45) is 13.3. The summed E-state index contributed by atoms with van der Waals surface area (Å²) < 4.78 is 5.46. The highest BCUT2D eigenvalue weighted by molar-refractivity contribution is 6.33. The molecule has 6 nitrogen and oxygen atoms in total. The number of hydrogen-bond acceptors (Lipinski definition) is 6. The molecular weight excluding hydrogens is 469 g/mol. The van der Waals surface area contributed by atoms with Gasteiger partial charge in [0, 0.05) is 55.4 Å². The van der Waals surface area contributed by atoms with E-state index < -0.39 is 0 Å². The van der Waals surface area contributed by atoms with Crippen LogP contribution in [-0.2, 0) is 4.74 Å². The van der Waals surface area contributed by atoms with Crippen LogP contribution in [0.4, 0.5) is 11.5 Å². The summed E-state index contributed by atoms with van der Waals surface area (Å²) in [5, 5.41) is 8.25. The van der Waals surface area contributed by atoms with Crippen LogP contribution in [0.1, 0.15) is 51.4 Å². The Hall–Kier alpha value is -1.60. The molecule has 0 spiro atoms.